The zero-order valence-corrected chi connectivity index (χ0v) is 9.85. The highest BCUT2D eigenvalue weighted by Gasteiger charge is 2.05. The van der Waals surface area contributed by atoms with E-state index in [1.807, 2.05) is 37.3 Å². The van der Waals surface area contributed by atoms with Gasteiger partial charge in [0, 0.05) is 6.07 Å². The molecule has 0 radical (unpaired) electrons. The van der Waals surface area contributed by atoms with Crippen molar-refractivity contribution in [2.24, 2.45) is 5.73 Å². The van der Waals surface area contributed by atoms with Gasteiger partial charge in [-0.15, -0.1) is 0 Å². The van der Waals surface area contributed by atoms with Crippen LogP contribution >= 0.6 is 0 Å². The number of nitrogens with two attached hydrogens (primary N) is 1. The topological polar surface area (TPSA) is 61.3 Å². The second kappa shape index (κ2) is 5.50. The number of benzene rings is 1. The van der Waals surface area contributed by atoms with Gasteiger partial charge < -0.3 is 15.0 Å². The van der Waals surface area contributed by atoms with Crippen LogP contribution in [0.4, 0.5) is 0 Å². The maximum absolute atomic E-state index is 5.70. The van der Waals surface area contributed by atoms with Crippen molar-refractivity contribution in [2.75, 3.05) is 6.54 Å². The summed E-state index contributed by atoms with van der Waals surface area (Å²) in [4.78, 5) is 0. The molecular formula is C13H16N2O2. The lowest BCUT2D eigenvalue weighted by atomic mass is 10.1. The molecule has 0 saturated carbocycles. The molecule has 1 heterocycles. The molecule has 0 spiro atoms. The summed E-state index contributed by atoms with van der Waals surface area (Å²) < 4.78 is 10.8. The van der Waals surface area contributed by atoms with Crippen LogP contribution in [0.3, 0.4) is 0 Å². The highest BCUT2D eigenvalue weighted by atomic mass is 16.5. The van der Waals surface area contributed by atoms with Gasteiger partial charge in [-0.1, -0.05) is 23.4 Å². The third kappa shape index (κ3) is 3.07. The highest BCUT2D eigenvalue weighted by Crippen LogP contribution is 2.19. The molecule has 4 heteroatoms. The van der Waals surface area contributed by atoms with Gasteiger partial charge in [-0.2, -0.15) is 0 Å². The van der Waals surface area contributed by atoms with Gasteiger partial charge in [0.05, 0.1) is 5.69 Å². The standard InChI is InChI=1S/C13H16N2O2/c1-10-8-12(17-15-10)9-16-13-5-3-2-4-11(13)6-7-14/h2-5,8H,6-7,9,14H2,1H3. The van der Waals surface area contributed by atoms with Gasteiger partial charge in [-0.3, -0.25) is 0 Å². The van der Waals surface area contributed by atoms with E-state index >= 15 is 0 Å². The summed E-state index contributed by atoms with van der Waals surface area (Å²) in [6, 6.07) is 9.75. The van der Waals surface area contributed by atoms with Crippen LogP contribution in [0, 0.1) is 6.92 Å². The Balaban J connectivity index is 2.03. The van der Waals surface area contributed by atoms with Gasteiger partial charge in [-0.05, 0) is 31.5 Å². The van der Waals surface area contributed by atoms with E-state index < -0.39 is 0 Å². The quantitative estimate of drug-likeness (QED) is 0.857. The number of para-hydroxylation sites is 1. The molecule has 1 aromatic heterocycles. The molecule has 90 valence electrons. The number of aromatic nitrogens is 1. The monoisotopic (exact) mass is 232 g/mol. The lowest BCUT2D eigenvalue weighted by molar-refractivity contribution is 0.247. The Hall–Kier alpha value is -1.81. The van der Waals surface area contributed by atoms with Gasteiger partial charge >= 0.3 is 0 Å². The van der Waals surface area contributed by atoms with Crippen molar-refractivity contribution < 1.29 is 9.26 Å². The maximum atomic E-state index is 5.70. The van der Waals surface area contributed by atoms with E-state index in [-0.39, 0.29) is 0 Å². The maximum Gasteiger partial charge on any atom is 0.174 e. The average Bonchev–Trinajstić information content (AvgIpc) is 2.74. The fourth-order valence-electron chi connectivity index (χ4n) is 1.64. The summed E-state index contributed by atoms with van der Waals surface area (Å²) in [5.74, 6) is 1.58. The van der Waals surface area contributed by atoms with Crippen LogP contribution < -0.4 is 10.5 Å². The van der Waals surface area contributed by atoms with Crippen LogP contribution in [0.25, 0.3) is 0 Å². The van der Waals surface area contributed by atoms with Gasteiger partial charge in [-0.25, -0.2) is 0 Å². The van der Waals surface area contributed by atoms with E-state index in [0.29, 0.717) is 13.2 Å². The molecule has 0 amide bonds. The predicted octanol–water partition coefficient (Wildman–Crippen LogP) is 2.06. The Morgan fingerprint density at radius 1 is 1.35 bits per heavy atom. The molecule has 2 aromatic rings. The minimum atomic E-state index is 0.391. The first-order valence-corrected chi connectivity index (χ1v) is 5.62. The van der Waals surface area contributed by atoms with Gasteiger partial charge in [0.2, 0.25) is 0 Å². The van der Waals surface area contributed by atoms with Crippen molar-refractivity contribution in [1.29, 1.82) is 0 Å². The molecule has 0 aliphatic rings. The summed E-state index contributed by atoms with van der Waals surface area (Å²) in [5.41, 5.74) is 7.53. The summed E-state index contributed by atoms with van der Waals surface area (Å²) >= 11 is 0. The van der Waals surface area contributed by atoms with E-state index in [1.54, 1.807) is 0 Å². The fourth-order valence-corrected chi connectivity index (χ4v) is 1.64. The number of hydrogen-bond donors (Lipinski definition) is 1. The number of hydrogen-bond acceptors (Lipinski definition) is 4. The lowest BCUT2D eigenvalue weighted by Crippen LogP contribution is -2.05. The molecule has 0 atom stereocenters. The summed E-state index contributed by atoms with van der Waals surface area (Å²) in [6.45, 7) is 2.89. The van der Waals surface area contributed by atoms with Crippen LogP contribution in [0.1, 0.15) is 17.0 Å². The second-order valence-electron chi connectivity index (χ2n) is 3.87. The third-order valence-electron chi connectivity index (χ3n) is 2.43. The predicted molar refractivity (Wildman–Crippen MR) is 64.8 cm³/mol. The van der Waals surface area contributed by atoms with Crippen LogP contribution in [0.5, 0.6) is 5.75 Å². The Morgan fingerprint density at radius 3 is 2.88 bits per heavy atom. The number of ether oxygens (including phenoxy) is 1. The van der Waals surface area contributed by atoms with Crippen LogP contribution in [-0.4, -0.2) is 11.7 Å². The van der Waals surface area contributed by atoms with Crippen molar-refractivity contribution in [3.05, 3.63) is 47.3 Å². The second-order valence-corrected chi connectivity index (χ2v) is 3.87. The molecule has 1 aromatic carbocycles. The molecule has 0 aliphatic carbocycles. The highest BCUT2D eigenvalue weighted by molar-refractivity contribution is 5.33. The van der Waals surface area contributed by atoms with E-state index in [9.17, 15) is 0 Å². The molecule has 2 N–H and O–H groups in total. The first kappa shape index (κ1) is 11.7. The van der Waals surface area contributed by atoms with Gasteiger partial charge in [0.15, 0.2) is 5.76 Å². The first-order chi connectivity index (χ1) is 8.29. The molecule has 0 aliphatic heterocycles. The van der Waals surface area contributed by atoms with Gasteiger partial charge in [0.25, 0.3) is 0 Å². The molecule has 17 heavy (non-hydrogen) atoms. The largest absolute Gasteiger partial charge is 0.485 e. The molecule has 0 bridgehead atoms. The SMILES string of the molecule is Cc1cc(COc2ccccc2CCN)on1. The number of nitrogens with zero attached hydrogens (tertiary/aromatic N) is 1. The normalized spacial score (nSPS) is 10.5. The Morgan fingerprint density at radius 2 is 2.18 bits per heavy atom. The van der Waals surface area contributed by atoms with Crippen molar-refractivity contribution in [1.82, 2.24) is 5.16 Å². The minimum absolute atomic E-state index is 0.391. The molecular weight excluding hydrogens is 216 g/mol. The Bertz CT molecular complexity index is 480. The zero-order valence-electron chi connectivity index (χ0n) is 9.85. The van der Waals surface area contributed by atoms with Crippen LogP contribution in [0.15, 0.2) is 34.9 Å². The van der Waals surface area contributed by atoms with E-state index in [1.165, 1.54) is 0 Å². The summed E-state index contributed by atoms with van der Waals surface area (Å²) in [5, 5.41) is 3.81. The number of rotatable bonds is 5. The fraction of sp³-hybridized carbons (Fsp3) is 0.308. The summed E-state index contributed by atoms with van der Waals surface area (Å²) in [6.07, 6.45) is 0.811. The summed E-state index contributed by atoms with van der Waals surface area (Å²) in [7, 11) is 0. The van der Waals surface area contributed by atoms with Crippen LogP contribution in [-0.2, 0) is 13.0 Å². The van der Waals surface area contributed by atoms with Crippen molar-refractivity contribution in [3.63, 3.8) is 0 Å². The van der Waals surface area contributed by atoms with E-state index in [0.717, 1.165) is 29.2 Å². The first-order valence-electron chi connectivity index (χ1n) is 5.62. The van der Waals surface area contributed by atoms with Crippen molar-refractivity contribution >= 4 is 0 Å². The zero-order chi connectivity index (χ0) is 12.1. The average molecular weight is 232 g/mol. The van der Waals surface area contributed by atoms with E-state index in [4.69, 9.17) is 15.0 Å². The van der Waals surface area contributed by atoms with Crippen molar-refractivity contribution in [2.45, 2.75) is 20.0 Å². The third-order valence-corrected chi connectivity index (χ3v) is 2.43. The molecule has 4 nitrogen and oxygen atoms in total. The minimum Gasteiger partial charge on any atom is -0.485 e. The van der Waals surface area contributed by atoms with Crippen molar-refractivity contribution in [3.8, 4) is 5.75 Å². The smallest absolute Gasteiger partial charge is 0.174 e. The van der Waals surface area contributed by atoms with Gasteiger partial charge in [0.1, 0.15) is 12.4 Å². The van der Waals surface area contributed by atoms with Crippen LogP contribution in [0.2, 0.25) is 0 Å². The molecule has 2 rings (SSSR count). The molecule has 0 fully saturated rings. The molecule has 0 unspecified atom stereocenters. The Kier molecular flexibility index (Phi) is 3.77. The molecule has 0 saturated heterocycles. The Labute approximate surface area is 100 Å². The van der Waals surface area contributed by atoms with E-state index in [2.05, 4.69) is 5.16 Å². The lowest BCUT2D eigenvalue weighted by Gasteiger charge is -2.09. The number of aryl methyl sites for hydroxylation is 1.